The third-order valence-electron chi connectivity index (χ3n) is 2.69. The van der Waals surface area contributed by atoms with Crippen molar-refractivity contribution in [1.29, 1.82) is 0 Å². The minimum Gasteiger partial charge on any atom is -0.316 e. The third-order valence-corrected chi connectivity index (χ3v) is 3.74. The minimum absolute atomic E-state index is 0.589. The van der Waals surface area contributed by atoms with Crippen LogP contribution in [-0.2, 0) is 6.42 Å². The van der Waals surface area contributed by atoms with Crippen LogP contribution < -0.4 is 5.32 Å². The molecule has 0 amide bonds. The lowest BCUT2D eigenvalue weighted by Gasteiger charge is -2.16. The fourth-order valence-corrected chi connectivity index (χ4v) is 2.78. The maximum atomic E-state index is 3.40. The second-order valence-corrected chi connectivity index (χ2v) is 5.66. The summed E-state index contributed by atoms with van der Waals surface area (Å²) in [6.45, 7) is 6.56. The molecule has 90 valence electrons. The first-order valence-electron chi connectivity index (χ1n) is 5.98. The van der Waals surface area contributed by atoms with Gasteiger partial charge >= 0.3 is 0 Å². The highest BCUT2D eigenvalue weighted by atomic mass is 32.2. The van der Waals surface area contributed by atoms with Crippen LogP contribution in [0.25, 0.3) is 0 Å². The maximum absolute atomic E-state index is 3.40. The second kappa shape index (κ2) is 6.97. The first-order chi connectivity index (χ1) is 7.65. The zero-order chi connectivity index (χ0) is 12.0. The molecule has 1 aromatic carbocycles. The molecule has 0 fully saturated rings. The highest BCUT2D eigenvalue weighted by molar-refractivity contribution is 7.99. The van der Waals surface area contributed by atoms with Crippen molar-refractivity contribution >= 4 is 11.8 Å². The van der Waals surface area contributed by atoms with Gasteiger partial charge in [-0.25, -0.2) is 0 Å². The van der Waals surface area contributed by atoms with Gasteiger partial charge in [0.15, 0.2) is 0 Å². The monoisotopic (exact) mass is 237 g/mol. The van der Waals surface area contributed by atoms with E-state index in [2.05, 4.69) is 51.3 Å². The van der Waals surface area contributed by atoms with Gasteiger partial charge in [-0.05, 0) is 38.6 Å². The first-order valence-corrected chi connectivity index (χ1v) is 7.13. The molecule has 0 aliphatic carbocycles. The molecule has 1 nitrogen and oxygen atoms in total. The Morgan fingerprint density at radius 3 is 2.31 bits per heavy atom. The summed E-state index contributed by atoms with van der Waals surface area (Å²) in [5.41, 5.74) is 4.19. The van der Waals surface area contributed by atoms with Crippen LogP contribution in [-0.4, -0.2) is 24.6 Å². The van der Waals surface area contributed by atoms with E-state index in [0.29, 0.717) is 6.04 Å². The summed E-state index contributed by atoms with van der Waals surface area (Å²) >= 11 is 2.01. The molecule has 0 aliphatic heterocycles. The third kappa shape index (κ3) is 4.58. The largest absolute Gasteiger partial charge is 0.316 e. The zero-order valence-corrected chi connectivity index (χ0v) is 11.7. The standard InChI is InChI=1S/C14H23NS/c1-5-16-10-14(15-4)9-13-7-11(2)6-12(3)8-13/h6-8,14-15H,5,9-10H2,1-4H3. The van der Waals surface area contributed by atoms with Gasteiger partial charge in [-0.3, -0.25) is 0 Å². The molecule has 0 bridgehead atoms. The van der Waals surface area contributed by atoms with Crippen LogP contribution in [0.1, 0.15) is 23.6 Å². The smallest absolute Gasteiger partial charge is 0.0195 e. The van der Waals surface area contributed by atoms with E-state index in [1.165, 1.54) is 28.2 Å². The van der Waals surface area contributed by atoms with E-state index in [1.54, 1.807) is 0 Å². The fraction of sp³-hybridized carbons (Fsp3) is 0.571. The molecule has 1 unspecified atom stereocenters. The average molecular weight is 237 g/mol. The van der Waals surface area contributed by atoms with Crippen LogP contribution in [0, 0.1) is 13.8 Å². The molecule has 1 atom stereocenters. The Labute approximate surface area is 104 Å². The van der Waals surface area contributed by atoms with Crippen molar-refractivity contribution < 1.29 is 0 Å². The van der Waals surface area contributed by atoms with Gasteiger partial charge < -0.3 is 5.32 Å². The Kier molecular flexibility index (Phi) is 5.93. The molecule has 0 saturated heterocycles. The van der Waals surface area contributed by atoms with Crippen molar-refractivity contribution in [1.82, 2.24) is 5.32 Å². The van der Waals surface area contributed by atoms with E-state index >= 15 is 0 Å². The normalized spacial score (nSPS) is 12.8. The van der Waals surface area contributed by atoms with E-state index in [1.807, 2.05) is 11.8 Å². The molecule has 1 N–H and O–H groups in total. The van der Waals surface area contributed by atoms with Crippen molar-refractivity contribution in [3.63, 3.8) is 0 Å². The highest BCUT2D eigenvalue weighted by Crippen LogP contribution is 2.13. The molecular weight excluding hydrogens is 214 g/mol. The van der Waals surface area contributed by atoms with E-state index < -0.39 is 0 Å². The fourth-order valence-electron chi connectivity index (χ4n) is 1.98. The van der Waals surface area contributed by atoms with Gasteiger partial charge in [0.05, 0.1) is 0 Å². The summed E-state index contributed by atoms with van der Waals surface area (Å²) in [4.78, 5) is 0. The average Bonchev–Trinajstić information content (AvgIpc) is 2.22. The number of nitrogens with one attached hydrogen (secondary N) is 1. The van der Waals surface area contributed by atoms with Gasteiger partial charge in [0, 0.05) is 11.8 Å². The Morgan fingerprint density at radius 2 is 1.81 bits per heavy atom. The molecule has 16 heavy (non-hydrogen) atoms. The van der Waals surface area contributed by atoms with Crippen LogP contribution in [0.5, 0.6) is 0 Å². The quantitative estimate of drug-likeness (QED) is 0.815. The second-order valence-electron chi connectivity index (χ2n) is 4.35. The Hall–Kier alpha value is -0.470. The lowest BCUT2D eigenvalue weighted by Crippen LogP contribution is -2.30. The summed E-state index contributed by atoms with van der Waals surface area (Å²) in [5, 5.41) is 3.40. The van der Waals surface area contributed by atoms with E-state index in [0.717, 1.165) is 6.42 Å². The Bertz CT molecular complexity index is 302. The maximum Gasteiger partial charge on any atom is 0.0195 e. The van der Waals surface area contributed by atoms with Crippen LogP contribution in [0.15, 0.2) is 18.2 Å². The SMILES string of the molecule is CCSCC(Cc1cc(C)cc(C)c1)NC. The number of likely N-dealkylation sites (N-methyl/N-ethyl adjacent to an activating group) is 1. The van der Waals surface area contributed by atoms with Crippen LogP contribution in [0.2, 0.25) is 0 Å². The summed E-state index contributed by atoms with van der Waals surface area (Å²) in [5.74, 6) is 2.39. The molecule has 1 aromatic rings. The Morgan fingerprint density at radius 1 is 1.19 bits per heavy atom. The van der Waals surface area contributed by atoms with Crippen LogP contribution in [0.3, 0.4) is 0 Å². The van der Waals surface area contributed by atoms with Gasteiger partial charge in [-0.1, -0.05) is 36.2 Å². The van der Waals surface area contributed by atoms with E-state index in [-0.39, 0.29) is 0 Å². The highest BCUT2D eigenvalue weighted by Gasteiger charge is 2.07. The van der Waals surface area contributed by atoms with Gasteiger partial charge in [0.1, 0.15) is 0 Å². The minimum atomic E-state index is 0.589. The van der Waals surface area contributed by atoms with Crippen molar-refractivity contribution in [3.8, 4) is 0 Å². The number of benzene rings is 1. The number of rotatable bonds is 6. The van der Waals surface area contributed by atoms with Gasteiger partial charge in [0.2, 0.25) is 0 Å². The molecule has 0 aromatic heterocycles. The van der Waals surface area contributed by atoms with Crippen molar-refractivity contribution in [3.05, 3.63) is 34.9 Å². The topological polar surface area (TPSA) is 12.0 Å². The van der Waals surface area contributed by atoms with Gasteiger partial charge in [-0.15, -0.1) is 0 Å². The van der Waals surface area contributed by atoms with E-state index in [4.69, 9.17) is 0 Å². The van der Waals surface area contributed by atoms with Crippen LogP contribution >= 0.6 is 11.8 Å². The molecule has 1 rings (SSSR count). The molecule has 0 aliphatic rings. The molecular formula is C14H23NS. The molecule has 0 spiro atoms. The lowest BCUT2D eigenvalue weighted by atomic mass is 10.0. The van der Waals surface area contributed by atoms with Crippen LogP contribution in [0.4, 0.5) is 0 Å². The Balaban J connectivity index is 2.62. The van der Waals surface area contributed by atoms with Crippen molar-refractivity contribution in [2.75, 3.05) is 18.6 Å². The molecule has 0 heterocycles. The lowest BCUT2D eigenvalue weighted by molar-refractivity contribution is 0.617. The summed E-state index contributed by atoms with van der Waals surface area (Å²) in [7, 11) is 2.06. The summed E-state index contributed by atoms with van der Waals surface area (Å²) in [6, 6.07) is 7.42. The molecule has 2 heteroatoms. The predicted molar refractivity (Wildman–Crippen MR) is 75.5 cm³/mol. The molecule has 0 saturated carbocycles. The summed E-state index contributed by atoms with van der Waals surface area (Å²) in [6.07, 6.45) is 1.13. The number of hydrogen-bond donors (Lipinski definition) is 1. The van der Waals surface area contributed by atoms with Gasteiger partial charge in [-0.2, -0.15) is 11.8 Å². The number of hydrogen-bond acceptors (Lipinski definition) is 2. The van der Waals surface area contributed by atoms with Crippen molar-refractivity contribution in [2.24, 2.45) is 0 Å². The molecule has 0 radical (unpaired) electrons. The predicted octanol–water partition coefficient (Wildman–Crippen LogP) is 3.19. The number of aryl methyl sites for hydroxylation is 2. The number of thioether (sulfide) groups is 1. The zero-order valence-electron chi connectivity index (χ0n) is 10.8. The van der Waals surface area contributed by atoms with E-state index in [9.17, 15) is 0 Å². The van der Waals surface area contributed by atoms with Gasteiger partial charge in [0.25, 0.3) is 0 Å². The van der Waals surface area contributed by atoms with Crippen molar-refractivity contribution in [2.45, 2.75) is 33.2 Å². The summed E-state index contributed by atoms with van der Waals surface area (Å²) < 4.78 is 0. The first kappa shape index (κ1) is 13.6.